The Labute approximate surface area is 185 Å². The number of rotatable bonds is 6. The molecule has 31 heavy (non-hydrogen) atoms. The number of hydrogen-bond donors (Lipinski definition) is 2. The third-order valence-corrected chi connectivity index (χ3v) is 5.96. The van der Waals surface area contributed by atoms with Crippen molar-refractivity contribution in [1.29, 1.82) is 0 Å². The van der Waals surface area contributed by atoms with Crippen LogP contribution in [0.25, 0.3) is 0 Å². The van der Waals surface area contributed by atoms with Gasteiger partial charge >= 0.3 is 12.2 Å². The minimum absolute atomic E-state index is 0.0682. The average Bonchev–Trinajstić information content (AvgIpc) is 3.14. The molecule has 1 unspecified atom stereocenters. The minimum Gasteiger partial charge on any atom is -0.474 e. The lowest BCUT2D eigenvalue weighted by Gasteiger charge is -2.27. The number of carboxylic acid groups (broad SMARTS) is 1. The molecule has 4 rings (SSSR count). The van der Waals surface area contributed by atoms with E-state index in [1.807, 2.05) is 44.2 Å². The van der Waals surface area contributed by atoms with Crippen LogP contribution in [-0.4, -0.2) is 46.4 Å². The lowest BCUT2D eigenvalue weighted by atomic mass is 9.95. The Morgan fingerprint density at radius 3 is 2.55 bits per heavy atom. The molecule has 2 amide bonds. The maximum atomic E-state index is 12.3. The van der Waals surface area contributed by atoms with Crippen LogP contribution in [0.5, 0.6) is 5.88 Å². The third kappa shape index (κ3) is 4.85. The standard InChI is InChI=1S/C22H24ClN3O5/c1-22(2,25-20(27)30-12-13-6-4-3-5-7-13)14-8-17(23)24-18(9-14)31-19-15-10-26(21(28)29)11-16(15)19/h3-9,15-16,19H,10-12H2,1-2H3,(H,25,27)(H,28,29)/t15-,16+,19?. The molecule has 2 fully saturated rings. The van der Waals surface area contributed by atoms with Crippen molar-refractivity contribution in [2.24, 2.45) is 11.8 Å². The highest BCUT2D eigenvalue weighted by Crippen LogP contribution is 2.48. The monoisotopic (exact) mass is 445 g/mol. The van der Waals surface area contributed by atoms with E-state index in [1.54, 1.807) is 12.1 Å². The summed E-state index contributed by atoms with van der Waals surface area (Å²) in [6, 6.07) is 12.8. The van der Waals surface area contributed by atoms with Gasteiger partial charge in [-0.2, -0.15) is 0 Å². The molecule has 1 aromatic heterocycles. The Bertz CT molecular complexity index is 972. The smallest absolute Gasteiger partial charge is 0.408 e. The first kappa shape index (κ1) is 21.2. The summed E-state index contributed by atoms with van der Waals surface area (Å²) >= 11 is 6.20. The van der Waals surface area contributed by atoms with Gasteiger partial charge in [-0.25, -0.2) is 14.6 Å². The van der Waals surface area contributed by atoms with Crippen LogP contribution in [0.2, 0.25) is 5.15 Å². The van der Waals surface area contributed by atoms with E-state index in [-0.39, 0.29) is 29.7 Å². The zero-order valence-corrected chi connectivity index (χ0v) is 18.0. The molecule has 3 atom stereocenters. The van der Waals surface area contributed by atoms with Crippen LogP contribution >= 0.6 is 11.6 Å². The van der Waals surface area contributed by atoms with Gasteiger partial charge in [0.15, 0.2) is 0 Å². The molecule has 2 N–H and O–H groups in total. The van der Waals surface area contributed by atoms with Gasteiger partial charge in [0.25, 0.3) is 0 Å². The van der Waals surface area contributed by atoms with Gasteiger partial charge in [-0.05, 0) is 31.0 Å². The first-order valence-corrected chi connectivity index (χ1v) is 10.4. The van der Waals surface area contributed by atoms with Crippen molar-refractivity contribution in [3.05, 3.63) is 58.7 Å². The van der Waals surface area contributed by atoms with Crippen molar-refractivity contribution >= 4 is 23.8 Å². The third-order valence-electron chi connectivity index (χ3n) is 5.76. The van der Waals surface area contributed by atoms with E-state index in [4.69, 9.17) is 26.2 Å². The number of alkyl carbamates (subject to hydrolysis) is 1. The van der Waals surface area contributed by atoms with Gasteiger partial charge in [-0.3, -0.25) is 0 Å². The molecule has 0 spiro atoms. The van der Waals surface area contributed by atoms with Crippen molar-refractivity contribution in [2.75, 3.05) is 13.1 Å². The molecule has 1 aliphatic carbocycles. The van der Waals surface area contributed by atoms with Crippen molar-refractivity contribution in [3.8, 4) is 5.88 Å². The number of carbonyl (C=O) groups is 2. The number of nitrogens with zero attached hydrogens (tertiary/aromatic N) is 2. The number of fused-ring (bicyclic) bond motifs is 1. The van der Waals surface area contributed by atoms with Crippen LogP contribution in [0, 0.1) is 11.8 Å². The molecule has 1 aliphatic heterocycles. The second-order valence-corrected chi connectivity index (χ2v) is 8.81. The molecule has 1 saturated heterocycles. The van der Waals surface area contributed by atoms with E-state index >= 15 is 0 Å². The maximum Gasteiger partial charge on any atom is 0.408 e. The molecule has 0 radical (unpaired) electrons. The summed E-state index contributed by atoms with van der Waals surface area (Å²) < 4.78 is 11.3. The van der Waals surface area contributed by atoms with Crippen LogP contribution in [0.4, 0.5) is 9.59 Å². The fourth-order valence-electron chi connectivity index (χ4n) is 3.92. The number of hydrogen-bond acceptors (Lipinski definition) is 5. The van der Waals surface area contributed by atoms with E-state index in [0.29, 0.717) is 19.0 Å². The van der Waals surface area contributed by atoms with Crippen LogP contribution in [-0.2, 0) is 16.9 Å². The molecule has 0 bridgehead atoms. The number of nitrogens with one attached hydrogen (secondary N) is 1. The van der Waals surface area contributed by atoms with Gasteiger partial charge in [0, 0.05) is 31.0 Å². The van der Waals surface area contributed by atoms with Crippen molar-refractivity contribution < 1.29 is 24.2 Å². The predicted molar refractivity (Wildman–Crippen MR) is 113 cm³/mol. The summed E-state index contributed by atoms with van der Waals surface area (Å²) in [4.78, 5) is 29.0. The number of aromatic nitrogens is 1. The number of carbonyl (C=O) groups excluding carboxylic acids is 1. The van der Waals surface area contributed by atoms with Gasteiger partial charge in [0.1, 0.15) is 17.9 Å². The van der Waals surface area contributed by atoms with Crippen molar-refractivity contribution in [1.82, 2.24) is 15.2 Å². The average molecular weight is 446 g/mol. The van der Waals surface area contributed by atoms with E-state index in [9.17, 15) is 9.59 Å². The predicted octanol–water partition coefficient (Wildman–Crippen LogP) is 3.88. The molecule has 9 heteroatoms. The molecular formula is C22H24ClN3O5. The molecule has 2 aromatic rings. The Kier molecular flexibility index (Phi) is 5.66. The number of benzene rings is 1. The Morgan fingerprint density at radius 2 is 1.90 bits per heavy atom. The van der Waals surface area contributed by atoms with Gasteiger partial charge in [0.2, 0.25) is 5.88 Å². The quantitative estimate of drug-likeness (QED) is 0.654. The number of likely N-dealkylation sites (tertiary alicyclic amines) is 1. The van der Waals surface area contributed by atoms with Crippen LogP contribution in [0.1, 0.15) is 25.0 Å². The second kappa shape index (κ2) is 8.26. The van der Waals surface area contributed by atoms with Gasteiger partial charge in [-0.1, -0.05) is 41.9 Å². The summed E-state index contributed by atoms with van der Waals surface area (Å²) in [6.07, 6.45) is -1.52. The molecule has 164 valence electrons. The summed E-state index contributed by atoms with van der Waals surface area (Å²) in [6.45, 7) is 4.79. The molecule has 8 nitrogen and oxygen atoms in total. The largest absolute Gasteiger partial charge is 0.474 e. The highest BCUT2D eigenvalue weighted by atomic mass is 35.5. The van der Waals surface area contributed by atoms with E-state index in [1.165, 1.54) is 4.90 Å². The van der Waals surface area contributed by atoms with E-state index in [2.05, 4.69) is 10.3 Å². The summed E-state index contributed by atoms with van der Waals surface area (Å²) in [5.74, 6) is 0.718. The SMILES string of the molecule is CC(C)(NC(=O)OCc1ccccc1)c1cc(Cl)nc(OC2[C@H]3CN(C(=O)O)C[C@@H]23)c1. The molecule has 1 aromatic carbocycles. The number of halogens is 1. The summed E-state index contributed by atoms with van der Waals surface area (Å²) in [7, 11) is 0. The number of ether oxygens (including phenoxy) is 2. The number of piperidine rings is 1. The van der Waals surface area contributed by atoms with Crippen molar-refractivity contribution in [3.63, 3.8) is 0 Å². The Morgan fingerprint density at radius 1 is 1.23 bits per heavy atom. The highest BCUT2D eigenvalue weighted by molar-refractivity contribution is 6.29. The minimum atomic E-state index is -0.902. The highest BCUT2D eigenvalue weighted by Gasteiger charge is 2.59. The normalized spacial score (nSPS) is 21.9. The Balaban J connectivity index is 1.37. The zero-order valence-electron chi connectivity index (χ0n) is 17.2. The van der Waals surface area contributed by atoms with Gasteiger partial charge < -0.3 is 24.8 Å². The summed E-state index contributed by atoms with van der Waals surface area (Å²) in [5, 5.41) is 12.2. The van der Waals surface area contributed by atoms with E-state index < -0.39 is 17.7 Å². The topological polar surface area (TPSA) is 101 Å². The van der Waals surface area contributed by atoms with Gasteiger partial charge in [-0.15, -0.1) is 0 Å². The molecule has 1 saturated carbocycles. The maximum absolute atomic E-state index is 12.3. The lowest BCUT2D eigenvalue weighted by Crippen LogP contribution is -2.41. The molecular weight excluding hydrogens is 422 g/mol. The first-order chi connectivity index (χ1) is 14.7. The van der Waals surface area contributed by atoms with Crippen LogP contribution in [0.15, 0.2) is 42.5 Å². The zero-order chi connectivity index (χ0) is 22.2. The number of amides is 2. The van der Waals surface area contributed by atoms with Gasteiger partial charge in [0.05, 0.1) is 5.54 Å². The van der Waals surface area contributed by atoms with Crippen LogP contribution < -0.4 is 10.1 Å². The van der Waals surface area contributed by atoms with E-state index in [0.717, 1.165) is 11.1 Å². The number of pyridine rings is 1. The fraction of sp³-hybridized carbons (Fsp3) is 0.409. The first-order valence-electron chi connectivity index (χ1n) is 10.0. The molecule has 2 aliphatic rings. The second-order valence-electron chi connectivity index (χ2n) is 8.43. The van der Waals surface area contributed by atoms with Crippen LogP contribution in [0.3, 0.4) is 0 Å². The lowest BCUT2D eigenvalue weighted by molar-refractivity contribution is 0.129. The van der Waals surface area contributed by atoms with Crippen molar-refractivity contribution in [2.45, 2.75) is 32.1 Å². The summed E-state index contributed by atoms with van der Waals surface area (Å²) in [5.41, 5.74) is 0.838. The fourth-order valence-corrected chi connectivity index (χ4v) is 4.12. The molecule has 2 heterocycles. The Hall–Kier alpha value is -3.00.